The van der Waals surface area contributed by atoms with Gasteiger partial charge < -0.3 is 9.67 Å². The van der Waals surface area contributed by atoms with Gasteiger partial charge in [-0.2, -0.15) is 0 Å². The molecule has 118 valence electrons. The fourth-order valence-electron chi connectivity index (χ4n) is 3.50. The maximum Gasteiger partial charge on any atom is 0.323 e. The zero-order valence-electron chi connectivity index (χ0n) is 13.5. The van der Waals surface area contributed by atoms with Gasteiger partial charge in [0.15, 0.2) is 0 Å². The Hall–Kier alpha value is -1.36. The van der Waals surface area contributed by atoms with Gasteiger partial charge in [0, 0.05) is 30.4 Å². The van der Waals surface area contributed by atoms with E-state index in [1.807, 2.05) is 26.2 Å². The Labute approximate surface area is 126 Å². The van der Waals surface area contributed by atoms with Crippen LogP contribution in [0.15, 0.2) is 12.4 Å². The summed E-state index contributed by atoms with van der Waals surface area (Å²) >= 11 is 0. The normalized spacial score (nSPS) is 26.5. The summed E-state index contributed by atoms with van der Waals surface area (Å²) in [5, 5.41) is 13.0. The highest BCUT2D eigenvalue weighted by Crippen LogP contribution is 2.37. The monoisotopic (exact) mass is 293 g/mol. The van der Waals surface area contributed by atoms with E-state index in [1.54, 1.807) is 0 Å². The molecule has 0 bridgehead atoms. The smallest absolute Gasteiger partial charge is 0.323 e. The highest BCUT2D eigenvalue weighted by Gasteiger charge is 2.44. The molecule has 2 N–H and O–H groups in total. The zero-order chi connectivity index (χ0) is 15.6. The lowest BCUT2D eigenvalue weighted by Gasteiger charge is -2.40. The van der Waals surface area contributed by atoms with Gasteiger partial charge in [-0.05, 0) is 39.5 Å². The lowest BCUT2D eigenvalue weighted by Crippen LogP contribution is -2.57. The molecule has 2 rings (SSSR count). The van der Waals surface area contributed by atoms with E-state index in [0.29, 0.717) is 18.8 Å². The van der Waals surface area contributed by atoms with Gasteiger partial charge in [-0.3, -0.25) is 10.1 Å². The van der Waals surface area contributed by atoms with Crippen molar-refractivity contribution in [3.05, 3.63) is 18.2 Å². The minimum atomic E-state index is -0.810. The van der Waals surface area contributed by atoms with Crippen LogP contribution in [0.5, 0.6) is 0 Å². The van der Waals surface area contributed by atoms with Gasteiger partial charge >= 0.3 is 5.97 Å². The summed E-state index contributed by atoms with van der Waals surface area (Å²) < 4.78 is 2.18. The van der Waals surface area contributed by atoms with E-state index in [1.165, 1.54) is 0 Å². The van der Waals surface area contributed by atoms with Crippen LogP contribution in [-0.4, -0.2) is 32.2 Å². The first kappa shape index (κ1) is 16.0. The summed E-state index contributed by atoms with van der Waals surface area (Å²) in [5.74, 6) is 0.664. The molecule has 0 radical (unpaired) electrons. The largest absolute Gasteiger partial charge is 0.480 e. The van der Waals surface area contributed by atoms with E-state index in [-0.39, 0.29) is 12.1 Å². The van der Waals surface area contributed by atoms with Gasteiger partial charge in [-0.15, -0.1) is 0 Å². The molecule has 0 amide bonds. The molecule has 5 heteroatoms. The number of nitrogens with zero attached hydrogens (tertiary/aromatic N) is 2. The van der Waals surface area contributed by atoms with Crippen LogP contribution in [-0.2, 0) is 4.79 Å². The molecule has 5 nitrogen and oxygen atoms in total. The van der Waals surface area contributed by atoms with Gasteiger partial charge in [0.2, 0.25) is 0 Å². The zero-order valence-corrected chi connectivity index (χ0v) is 13.5. The number of imidazole rings is 1. The molecular weight excluding hydrogens is 266 g/mol. The molecule has 21 heavy (non-hydrogen) atoms. The third kappa shape index (κ3) is 3.28. The van der Waals surface area contributed by atoms with Crippen molar-refractivity contribution in [3.63, 3.8) is 0 Å². The summed E-state index contributed by atoms with van der Waals surface area (Å²) in [4.78, 5) is 16.3. The minimum Gasteiger partial charge on any atom is -0.480 e. The first-order chi connectivity index (χ1) is 9.85. The summed E-state index contributed by atoms with van der Waals surface area (Å²) in [5.41, 5.74) is -0.810. The van der Waals surface area contributed by atoms with Crippen molar-refractivity contribution in [3.8, 4) is 0 Å². The van der Waals surface area contributed by atoms with Crippen LogP contribution in [0.3, 0.4) is 0 Å². The number of aromatic nitrogens is 2. The van der Waals surface area contributed by atoms with E-state index in [0.717, 1.165) is 18.7 Å². The average Bonchev–Trinajstić information content (AvgIpc) is 2.87. The number of hydrogen-bond acceptors (Lipinski definition) is 3. The van der Waals surface area contributed by atoms with Crippen molar-refractivity contribution in [2.45, 2.75) is 76.9 Å². The van der Waals surface area contributed by atoms with Crippen molar-refractivity contribution in [2.75, 3.05) is 0 Å². The number of carboxylic acid groups (broad SMARTS) is 1. The van der Waals surface area contributed by atoms with Crippen LogP contribution in [0.25, 0.3) is 0 Å². The number of aliphatic carboxylic acids is 1. The van der Waals surface area contributed by atoms with Crippen molar-refractivity contribution in [1.82, 2.24) is 14.9 Å². The molecule has 2 unspecified atom stereocenters. The van der Waals surface area contributed by atoms with Crippen molar-refractivity contribution in [2.24, 2.45) is 0 Å². The summed E-state index contributed by atoms with van der Waals surface area (Å²) in [6, 6.07) is 0.369. The van der Waals surface area contributed by atoms with Gasteiger partial charge in [0.25, 0.3) is 0 Å². The lowest BCUT2D eigenvalue weighted by atomic mass is 9.78. The predicted molar refractivity (Wildman–Crippen MR) is 82.5 cm³/mol. The van der Waals surface area contributed by atoms with Gasteiger partial charge in [-0.1, -0.05) is 13.8 Å². The predicted octanol–water partition coefficient (Wildman–Crippen LogP) is 2.94. The Morgan fingerprint density at radius 1 is 1.48 bits per heavy atom. The lowest BCUT2D eigenvalue weighted by molar-refractivity contribution is -0.147. The standard InChI is InChI=1S/C16H27N3O2/c1-11(2)14-17-8-9-19(14)13-6-5-7-16(10-13,15(20)21)18-12(3)4/h8-9,11-13,18H,5-7,10H2,1-4H3,(H,20,21). The first-order valence-corrected chi connectivity index (χ1v) is 7.89. The Morgan fingerprint density at radius 2 is 2.19 bits per heavy atom. The number of hydrogen-bond donors (Lipinski definition) is 2. The summed E-state index contributed by atoms with van der Waals surface area (Å²) in [7, 11) is 0. The molecule has 2 atom stereocenters. The van der Waals surface area contributed by atoms with Crippen LogP contribution in [0.1, 0.15) is 71.2 Å². The van der Waals surface area contributed by atoms with E-state index in [2.05, 4.69) is 28.7 Å². The number of carboxylic acids is 1. The molecule has 1 fully saturated rings. The Kier molecular flexibility index (Phi) is 4.71. The maximum absolute atomic E-state index is 11.9. The van der Waals surface area contributed by atoms with Gasteiger partial charge in [-0.25, -0.2) is 4.98 Å². The Bertz CT molecular complexity index is 495. The summed E-state index contributed by atoms with van der Waals surface area (Å²) in [6.45, 7) is 8.26. The topological polar surface area (TPSA) is 67.2 Å². The second kappa shape index (κ2) is 6.18. The maximum atomic E-state index is 11.9. The van der Waals surface area contributed by atoms with E-state index >= 15 is 0 Å². The molecular formula is C16H27N3O2. The average molecular weight is 293 g/mol. The Morgan fingerprint density at radius 3 is 2.76 bits per heavy atom. The van der Waals surface area contributed by atoms with Crippen LogP contribution in [0, 0.1) is 0 Å². The van der Waals surface area contributed by atoms with Gasteiger partial charge in [0.1, 0.15) is 11.4 Å². The minimum absolute atomic E-state index is 0.159. The second-order valence-corrected chi connectivity index (χ2v) is 6.78. The van der Waals surface area contributed by atoms with Crippen molar-refractivity contribution >= 4 is 5.97 Å². The third-order valence-corrected chi connectivity index (χ3v) is 4.31. The molecule has 1 heterocycles. The SMILES string of the molecule is CC(C)NC1(C(=O)O)CCCC(n2ccnc2C(C)C)C1. The van der Waals surface area contributed by atoms with Crippen molar-refractivity contribution < 1.29 is 9.90 Å². The quantitative estimate of drug-likeness (QED) is 0.876. The first-order valence-electron chi connectivity index (χ1n) is 7.89. The fraction of sp³-hybridized carbons (Fsp3) is 0.750. The third-order valence-electron chi connectivity index (χ3n) is 4.31. The molecule has 1 aromatic heterocycles. The second-order valence-electron chi connectivity index (χ2n) is 6.78. The molecule has 1 aromatic rings. The molecule has 0 aliphatic heterocycles. The van der Waals surface area contributed by atoms with E-state index < -0.39 is 11.5 Å². The van der Waals surface area contributed by atoms with E-state index in [9.17, 15) is 9.90 Å². The molecule has 1 saturated carbocycles. The fourth-order valence-corrected chi connectivity index (χ4v) is 3.50. The number of nitrogens with one attached hydrogen (secondary N) is 1. The molecule has 0 spiro atoms. The van der Waals surface area contributed by atoms with Crippen LogP contribution >= 0.6 is 0 Å². The molecule has 1 aliphatic rings. The van der Waals surface area contributed by atoms with Gasteiger partial charge in [0.05, 0.1) is 0 Å². The summed E-state index contributed by atoms with van der Waals surface area (Å²) in [6.07, 6.45) is 7.08. The van der Waals surface area contributed by atoms with Crippen LogP contribution in [0.4, 0.5) is 0 Å². The molecule has 0 aromatic carbocycles. The Balaban J connectivity index is 2.26. The molecule has 0 saturated heterocycles. The number of carbonyl (C=O) groups is 1. The van der Waals surface area contributed by atoms with Crippen molar-refractivity contribution in [1.29, 1.82) is 0 Å². The van der Waals surface area contributed by atoms with Crippen LogP contribution < -0.4 is 5.32 Å². The highest BCUT2D eigenvalue weighted by molar-refractivity contribution is 5.79. The number of rotatable bonds is 5. The van der Waals surface area contributed by atoms with E-state index in [4.69, 9.17) is 0 Å². The molecule has 1 aliphatic carbocycles. The van der Waals surface area contributed by atoms with Crippen LogP contribution in [0.2, 0.25) is 0 Å². The highest BCUT2D eigenvalue weighted by atomic mass is 16.4.